The van der Waals surface area contributed by atoms with Crippen LogP contribution in [0, 0.1) is 3.57 Å². The van der Waals surface area contributed by atoms with Gasteiger partial charge in [-0.1, -0.05) is 12.1 Å². The lowest BCUT2D eigenvalue weighted by Gasteiger charge is -2.28. The molecule has 0 bridgehead atoms. The predicted molar refractivity (Wildman–Crippen MR) is 140 cm³/mol. The van der Waals surface area contributed by atoms with Gasteiger partial charge in [0.2, 0.25) is 5.84 Å². The van der Waals surface area contributed by atoms with Crippen LogP contribution < -0.4 is 9.22 Å². The lowest BCUT2D eigenvalue weighted by atomic mass is 10.2. The third kappa shape index (κ3) is 6.06. The average Bonchev–Trinajstić information content (AvgIpc) is 3.22. The van der Waals surface area contributed by atoms with Crippen molar-refractivity contribution in [1.82, 2.24) is 9.38 Å². The number of hydrogen-bond acceptors (Lipinski definition) is 6. The van der Waals surface area contributed by atoms with Crippen LogP contribution in [0.1, 0.15) is 37.6 Å². The maximum Gasteiger partial charge on any atom is 0.529 e. The van der Waals surface area contributed by atoms with E-state index in [1.807, 2.05) is 12.1 Å². The normalized spacial score (nSPS) is 17.0. The number of carbonyl (C=O) groups excluding carboxylic acids is 2. The molecule has 0 aromatic heterocycles. The molecule has 2 aromatic rings. The minimum atomic E-state index is -1.15. The van der Waals surface area contributed by atoms with Crippen LogP contribution >= 0.6 is 22.6 Å². The first kappa shape index (κ1) is 26.4. The van der Waals surface area contributed by atoms with Crippen LogP contribution in [0.2, 0.25) is 0 Å². The quantitative estimate of drug-likeness (QED) is 0.202. The number of carboxylic acid groups (broad SMARTS) is 1. The second-order valence-electron chi connectivity index (χ2n) is 8.86. The Bertz CT molecular complexity index is 1190. The van der Waals surface area contributed by atoms with E-state index < -0.39 is 28.2 Å². The molecule has 1 N–H and O–H groups in total. The monoisotopic (exact) mass is 592 g/mol. The highest BCUT2D eigenvalue weighted by Crippen LogP contribution is 2.32. The number of rotatable bonds is 6. The molecule has 2 aromatic carbocycles. The van der Waals surface area contributed by atoms with Crippen LogP contribution in [-0.4, -0.2) is 53.2 Å². The SMILES string of the molecule is CN(CCC1=NC=C[N+]1(C(=O)O)c1ccc(OC(=O)c2ccccc2I)cc1)C(=O)OC(C)(C)C. The summed E-state index contributed by atoms with van der Waals surface area (Å²) in [5, 5.41) is 10.2. The molecule has 3 rings (SSSR count). The summed E-state index contributed by atoms with van der Waals surface area (Å²) < 4.78 is 10.9. The van der Waals surface area contributed by atoms with Gasteiger partial charge in [0.15, 0.2) is 5.69 Å². The number of nitrogens with zero attached hydrogens (tertiary/aromatic N) is 3. The maximum absolute atomic E-state index is 12.5. The molecule has 0 fully saturated rings. The molecule has 1 atom stereocenters. The number of aliphatic imine (C=N–C) groups is 1. The van der Waals surface area contributed by atoms with Gasteiger partial charge in [0.25, 0.3) is 0 Å². The predicted octanol–water partition coefficient (Wildman–Crippen LogP) is 5.64. The number of amidine groups is 1. The zero-order valence-electron chi connectivity index (χ0n) is 19.9. The van der Waals surface area contributed by atoms with Gasteiger partial charge in [-0.2, -0.15) is 4.79 Å². The first-order chi connectivity index (χ1) is 16.4. The van der Waals surface area contributed by atoms with Crippen molar-refractivity contribution in [3.8, 4) is 5.75 Å². The fourth-order valence-corrected chi connectivity index (χ4v) is 4.00. The molecule has 0 aliphatic carbocycles. The molecule has 184 valence electrons. The molecule has 1 aliphatic rings. The molecule has 1 aliphatic heterocycles. The van der Waals surface area contributed by atoms with Crippen molar-refractivity contribution in [2.75, 3.05) is 13.6 Å². The molecule has 35 heavy (non-hydrogen) atoms. The molecule has 0 saturated carbocycles. The van der Waals surface area contributed by atoms with Crippen LogP contribution in [-0.2, 0) is 4.74 Å². The number of quaternary nitrogens is 1. The molecule has 2 amide bonds. The first-order valence-electron chi connectivity index (χ1n) is 10.8. The summed E-state index contributed by atoms with van der Waals surface area (Å²) >= 11 is 2.06. The van der Waals surface area contributed by atoms with Crippen molar-refractivity contribution in [2.45, 2.75) is 32.8 Å². The molecular weight excluding hydrogens is 565 g/mol. The lowest BCUT2D eigenvalue weighted by molar-refractivity contribution is 0.0302. The Labute approximate surface area is 217 Å². The number of hydrogen-bond donors (Lipinski definition) is 1. The number of carbonyl (C=O) groups is 3. The van der Waals surface area contributed by atoms with Crippen molar-refractivity contribution in [3.05, 3.63) is 70.1 Å². The zero-order valence-corrected chi connectivity index (χ0v) is 22.1. The number of halogens is 1. The third-order valence-corrected chi connectivity index (χ3v) is 6.09. The molecule has 1 unspecified atom stereocenters. The Morgan fingerprint density at radius 3 is 2.34 bits per heavy atom. The van der Waals surface area contributed by atoms with Gasteiger partial charge in [0.05, 0.1) is 18.2 Å². The lowest BCUT2D eigenvalue weighted by Crippen LogP contribution is -2.52. The van der Waals surface area contributed by atoms with Gasteiger partial charge in [0, 0.05) is 29.3 Å². The fourth-order valence-electron chi connectivity index (χ4n) is 3.39. The standard InChI is InChI=1S/C25H26IN3O6/c1-25(2,3)35-23(31)28(4)15-13-21-27-14-16-29(21,24(32)33)17-9-11-18(12-10-17)34-22(30)19-7-5-6-8-20(19)26/h5-12,14,16H,13,15H2,1-4H3/p+1. The van der Waals surface area contributed by atoms with E-state index in [-0.39, 0.29) is 18.7 Å². The highest BCUT2D eigenvalue weighted by molar-refractivity contribution is 14.1. The average molecular weight is 592 g/mol. The van der Waals surface area contributed by atoms with Crippen LogP contribution in [0.3, 0.4) is 0 Å². The van der Waals surface area contributed by atoms with Gasteiger partial charge in [0.1, 0.15) is 17.6 Å². The number of esters is 1. The summed E-state index contributed by atoms with van der Waals surface area (Å²) in [6.07, 6.45) is 1.44. The molecular formula is C25H27IN3O6+. The summed E-state index contributed by atoms with van der Waals surface area (Å²) in [5.41, 5.74) is 0.207. The molecule has 0 saturated heterocycles. The van der Waals surface area contributed by atoms with E-state index in [0.717, 1.165) is 3.57 Å². The molecule has 0 spiro atoms. The smallest absolute Gasteiger partial charge is 0.444 e. The Kier molecular flexibility index (Phi) is 7.96. The summed E-state index contributed by atoms with van der Waals surface area (Å²) in [6, 6.07) is 13.3. The number of ether oxygens (including phenoxy) is 2. The van der Waals surface area contributed by atoms with Crippen molar-refractivity contribution in [1.29, 1.82) is 0 Å². The van der Waals surface area contributed by atoms with E-state index in [0.29, 0.717) is 17.1 Å². The van der Waals surface area contributed by atoms with E-state index in [9.17, 15) is 19.5 Å². The third-order valence-electron chi connectivity index (χ3n) is 5.15. The van der Waals surface area contributed by atoms with Gasteiger partial charge >= 0.3 is 18.2 Å². The summed E-state index contributed by atoms with van der Waals surface area (Å²) in [6.45, 7) is 5.54. The van der Waals surface area contributed by atoms with Gasteiger partial charge in [-0.05, 0) is 67.6 Å². The van der Waals surface area contributed by atoms with E-state index >= 15 is 0 Å². The van der Waals surface area contributed by atoms with E-state index in [4.69, 9.17) is 9.47 Å². The topological polar surface area (TPSA) is 106 Å². The van der Waals surface area contributed by atoms with Crippen LogP contribution in [0.25, 0.3) is 0 Å². The van der Waals surface area contributed by atoms with Crippen LogP contribution in [0.15, 0.2) is 65.9 Å². The first-order valence-corrected chi connectivity index (χ1v) is 11.9. The second kappa shape index (κ2) is 10.6. The molecule has 1 heterocycles. The van der Waals surface area contributed by atoms with Crippen molar-refractivity contribution in [3.63, 3.8) is 0 Å². The largest absolute Gasteiger partial charge is 0.529 e. The number of benzene rings is 2. The molecule has 9 nitrogen and oxygen atoms in total. The summed E-state index contributed by atoms with van der Waals surface area (Å²) in [4.78, 5) is 42.9. The van der Waals surface area contributed by atoms with Gasteiger partial charge < -0.3 is 19.5 Å². The van der Waals surface area contributed by atoms with Gasteiger partial charge in [-0.3, -0.25) is 0 Å². The van der Waals surface area contributed by atoms with Gasteiger partial charge in [-0.15, -0.1) is 4.48 Å². The molecule has 10 heteroatoms. The van der Waals surface area contributed by atoms with E-state index in [2.05, 4.69) is 27.6 Å². The van der Waals surface area contributed by atoms with Crippen LogP contribution in [0.5, 0.6) is 5.75 Å². The van der Waals surface area contributed by atoms with Gasteiger partial charge in [-0.25, -0.2) is 14.6 Å². The second-order valence-corrected chi connectivity index (χ2v) is 10.0. The van der Waals surface area contributed by atoms with E-state index in [1.54, 1.807) is 64.2 Å². The fraction of sp³-hybridized carbons (Fsp3) is 0.280. The minimum absolute atomic E-state index is 0.207. The Morgan fingerprint density at radius 1 is 1.09 bits per heavy atom. The van der Waals surface area contributed by atoms with Crippen molar-refractivity contribution in [2.24, 2.45) is 4.99 Å². The Hall–Kier alpha value is -3.25. The Balaban J connectivity index is 1.75. The van der Waals surface area contributed by atoms with Crippen molar-refractivity contribution < 1.29 is 29.0 Å². The highest BCUT2D eigenvalue weighted by atomic mass is 127. The molecule has 0 radical (unpaired) electrons. The van der Waals surface area contributed by atoms with E-state index in [1.165, 1.54) is 17.3 Å². The Morgan fingerprint density at radius 2 is 1.74 bits per heavy atom. The summed E-state index contributed by atoms with van der Waals surface area (Å²) in [5.74, 6) is 0.114. The minimum Gasteiger partial charge on any atom is -0.444 e. The van der Waals surface area contributed by atoms with Crippen LogP contribution in [0.4, 0.5) is 15.3 Å². The highest BCUT2D eigenvalue weighted by Gasteiger charge is 2.46. The maximum atomic E-state index is 12.5. The number of amides is 2. The van der Waals surface area contributed by atoms with Crippen molar-refractivity contribution >= 4 is 52.3 Å². The zero-order chi connectivity index (χ0) is 25.8. The summed E-state index contributed by atoms with van der Waals surface area (Å²) in [7, 11) is 1.59.